The van der Waals surface area contributed by atoms with Crippen molar-refractivity contribution in [2.75, 3.05) is 17.4 Å². The van der Waals surface area contributed by atoms with Gasteiger partial charge in [0, 0.05) is 13.1 Å². The van der Waals surface area contributed by atoms with Crippen LogP contribution in [0.5, 0.6) is 0 Å². The summed E-state index contributed by atoms with van der Waals surface area (Å²) in [5.41, 5.74) is 3.36. The number of benzene rings is 3. The van der Waals surface area contributed by atoms with Crippen LogP contribution in [0.1, 0.15) is 69.6 Å². The summed E-state index contributed by atoms with van der Waals surface area (Å²) in [4.78, 5) is 29.0. The smallest absolute Gasteiger partial charge is 0.264 e. The van der Waals surface area contributed by atoms with Gasteiger partial charge >= 0.3 is 0 Å². The quantitative estimate of drug-likeness (QED) is 0.237. The molecule has 41 heavy (non-hydrogen) atoms. The van der Waals surface area contributed by atoms with Gasteiger partial charge in [-0.1, -0.05) is 94.3 Å². The summed E-state index contributed by atoms with van der Waals surface area (Å²) in [6, 6.07) is 22.4. The normalized spacial score (nSPS) is 12.1. The van der Waals surface area contributed by atoms with E-state index in [-0.39, 0.29) is 23.3 Å². The van der Waals surface area contributed by atoms with Gasteiger partial charge in [0.25, 0.3) is 10.0 Å². The van der Waals surface area contributed by atoms with Crippen LogP contribution >= 0.6 is 0 Å². The molecule has 3 aromatic carbocycles. The van der Waals surface area contributed by atoms with E-state index < -0.39 is 28.5 Å². The van der Waals surface area contributed by atoms with Gasteiger partial charge in [-0.15, -0.1) is 0 Å². The number of hydrogen-bond acceptors (Lipinski definition) is 4. The minimum atomic E-state index is -4.08. The Balaban J connectivity index is 2.04. The Bertz CT molecular complexity index is 1390. The van der Waals surface area contributed by atoms with Gasteiger partial charge in [-0.25, -0.2) is 8.42 Å². The van der Waals surface area contributed by atoms with Crippen molar-refractivity contribution >= 4 is 27.5 Å². The molecule has 0 aliphatic rings. The maximum atomic E-state index is 14.1. The molecular formula is C33H43N3O4S. The van der Waals surface area contributed by atoms with Gasteiger partial charge in [0.15, 0.2) is 0 Å². The molecule has 2 amide bonds. The number of sulfonamides is 1. The molecule has 1 unspecified atom stereocenters. The van der Waals surface area contributed by atoms with Crippen molar-refractivity contribution in [1.29, 1.82) is 0 Å². The van der Waals surface area contributed by atoms with Gasteiger partial charge in [0.2, 0.25) is 11.8 Å². The number of nitrogens with zero attached hydrogens (tertiary/aromatic N) is 2. The van der Waals surface area contributed by atoms with Crippen LogP contribution in [0.15, 0.2) is 83.8 Å². The third-order valence-corrected chi connectivity index (χ3v) is 8.90. The minimum Gasteiger partial charge on any atom is -0.354 e. The first kappa shape index (κ1) is 31.9. The van der Waals surface area contributed by atoms with Gasteiger partial charge in [0.05, 0.1) is 10.6 Å². The first-order chi connectivity index (χ1) is 19.6. The monoisotopic (exact) mass is 577 g/mol. The maximum absolute atomic E-state index is 14.1. The largest absolute Gasteiger partial charge is 0.354 e. The van der Waals surface area contributed by atoms with E-state index in [0.717, 1.165) is 33.8 Å². The van der Waals surface area contributed by atoms with Crippen LogP contribution in [0.25, 0.3) is 0 Å². The Hall–Kier alpha value is -3.65. The van der Waals surface area contributed by atoms with E-state index >= 15 is 0 Å². The van der Waals surface area contributed by atoms with Crippen molar-refractivity contribution in [3.05, 3.63) is 95.6 Å². The topological polar surface area (TPSA) is 86.8 Å². The lowest BCUT2D eigenvalue weighted by atomic mass is 10.0. The molecule has 3 aromatic rings. The highest BCUT2D eigenvalue weighted by atomic mass is 32.2. The zero-order valence-corrected chi connectivity index (χ0v) is 25.7. The van der Waals surface area contributed by atoms with Gasteiger partial charge in [-0.2, -0.15) is 0 Å². The minimum absolute atomic E-state index is 0.0929. The summed E-state index contributed by atoms with van der Waals surface area (Å²) < 4.78 is 29.0. The van der Waals surface area contributed by atoms with Gasteiger partial charge in [-0.05, 0) is 61.1 Å². The van der Waals surface area contributed by atoms with E-state index in [0.29, 0.717) is 18.7 Å². The molecule has 1 atom stereocenters. The highest BCUT2D eigenvalue weighted by Crippen LogP contribution is 2.27. The van der Waals surface area contributed by atoms with E-state index in [1.54, 1.807) is 30.3 Å². The Morgan fingerprint density at radius 2 is 1.59 bits per heavy atom. The Morgan fingerprint density at radius 1 is 0.902 bits per heavy atom. The van der Waals surface area contributed by atoms with Crippen LogP contribution in [0.3, 0.4) is 0 Å². The van der Waals surface area contributed by atoms with Crippen molar-refractivity contribution in [2.45, 2.75) is 77.3 Å². The van der Waals surface area contributed by atoms with Crippen LogP contribution < -0.4 is 9.62 Å². The second-order valence-electron chi connectivity index (χ2n) is 10.7. The molecule has 0 spiro atoms. The summed E-state index contributed by atoms with van der Waals surface area (Å²) in [6.45, 7) is 10.3. The molecule has 0 bridgehead atoms. The number of hydrogen-bond donors (Lipinski definition) is 1. The Kier molecular flexibility index (Phi) is 11.5. The molecule has 0 aliphatic heterocycles. The first-order valence-electron chi connectivity index (χ1n) is 14.4. The number of nitrogens with one attached hydrogen (secondary N) is 1. The van der Waals surface area contributed by atoms with Crippen LogP contribution in [-0.4, -0.2) is 44.3 Å². The zero-order valence-electron chi connectivity index (χ0n) is 24.8. The SMILES string of the molecule is CCCCNC(=O)C(CC)N(Cc1cccc(C)c1)C(=O)CN(c1ccc(C(C)C)cc1)S(=O)(=O)c1ccccc1. The number of amides is 2. The number of carbonyl (C=O) groups is 2. The van der Waals surface area contributed by atoms with Gasteiger partial charge < -0.3 is 10.2 Å². The number of carbonyl (C=O) groups excluding carboxylic acids is 2. The van der Waals surface area contributed by atoms with Gasteiger partial charge in [-0.3, -0.25) is 13.9 Å². The predicted molar refractivity (Wildman–Crippen MR) is 165 cm³/mol. The number of aryl methyl sites for hydroxylation is 1. The van der Waals surface area contributed by atoms with Crippen molar-refractivity contribution in [1.82, 2.24) is 10.2 Å². The fourth-order valence-electron chi connectivity index (χ4n) is 4.71. The summed E-state index contributed by atoms with van der Waals surface area (Å²) in [5.74, 6) is -0.414. The zero-order chi connectivity index (χ0) is 30.0. The second-order valence-corrected chi connectivity index (χ2v) is 12.5. The number of unbranched alkanes of at least 4 members (excludes halogenated alkanes) is 1. The highest BCUT2D eigenvalue weighted by Gasteiger charge is 2.33. The van der Waals surface area contributed by atoms with E-state index in [2.05, 4.69) is 19.2 Å². The summed E-state index contributed by atoms with van der Waals surface area (Å²) in [7, 11) is -4.08. The van der Waals surface area contributed by atoms with E-state index in [9.17, 15) is 18.0 Å². The van der Waals surface area contributed by atoms with Crippen LogP contribution in [0, 0.1) is 6.92 Å². The maximum Gasteiger partial charge on any atom is 0.264 e. The second kappa shape index (κ2) is 14.8. The average molecular weight is 578 g/mol. The van der Waals surface area contributed by atoms with E-state index in [4.69, 9.17) is 0 Å². The fourth-order valence-corrected chi connectivity index (χ4v) is 6.14. The lowest BCUT2D eigenvalue weighted by molar-refractivity contribution is -0.140. The third kappa shape index (κ3) is 8.43. The lowest BCUT2D eigenvalue weighted by Crippen LogP contribution is -2.52. The lowest BCUT2D eigenvalue weighted by Gasteiger charge is -2.33. The molecule has 1 N–H and O–H groups in total. The third-order valence-electron chi connectivity index (χ3n) is 7.11. The van der Waals surface area contributed by atoms with Crippen LogP contribution in [-0.2, 0) is 26.2 Å². The predicted octanol–water partition coefficient (Wildman–Crippen LogP) is 6.04. The molecule has 0 radical (unpaired) electrons. The molecule has 0 saturated heterocycles. The first-order valence-corrected chi connectivity index (χ1v) is 15.8. The molecule has 220 valence electrons. The summed E-state index contributed by atoms with van der Waals surface area (Å²) in [5, 5.41) is 2.96. The van der Waals surface area contributed by atoms with Crippen molar-refractivity contribution in [2.24, 2.45) is 0 Å². The summed E-state index contributed by atoms with van der Waals surface area (Å²) >= 11 is 0. The average Bonchev–Trinajstić information content (AvgIpc) is 2.96. The van der Waals surface area contributed by atoms with Gasteiger partial charge in [0.1, 0.15) is 12.6 Å². The molecule has 7 nitrogen and oxygen atoms in total. The molecule has 8 heteroatoms. The number of rotatable bonds is 14. The molecule has 0 aliphatic carbocycles. The van der Waals surface area contributed by atoms with Crippen molar-refractivity contribution in [3.63, 3.8) is 0 Å². The molecule has 0 fully saturated rings. The van der Waals surface area contributed by atoms with E-state index in [1.165, 1.54) is 17.0 Å². The van der Waals surface area contributed by atoms with Crippen molar-refractivity contribution in [3.8, 4) is 0 Å². The summed E-state index contributed by atoms with van der Waals surface area (Å²) in [6.07, 6.45) is 2.17. The fraction of sp³-hybridized carbons (Fsp3) is 0.394. The highest BCUT2D eigenvalue weighted by molar-refractivity contribution is 7.92. The molecule has 0 aromatic heterocycles. The number of anilines is 1. The molecular weight excluding hydrogens is 534 g/mol. The van der Waals surface area contributed by atoms with Crippen LogP contribution in [0.2, 0.25) is 0 Å². The molecule has 0 heterocycles. The Morgan fingerprint density at radius 3 is 2.17 bits per heavy atom. The molecule has 0 saturated carbocycles. The van der Waals surface area contributed by atoms with Crippen LogP contribution in [0.4, 0.5) is 5.69 Å². The van der Waals surface area contributed by atoms with Crippen molar-refractivity contribution < 1.29 is 18.0 Å². The molecule has 3 rings (SSSR count). The Labute approximate surface area is 245 Å². The standard InChI is InChI=1S/C33H43N3O4S/c1-6-8-21-34-33(38)31(7-2)35(23-27-14-12-13-26(5)22-27)32(37)24-36(29-19-17-28(18-20-29)25(3)4)41(39,40)30-15-10-9-11-16-30/h9-20,22,25,31H,6-8,21,23-24H2,1-5H3,(H,34,38). The van der Waals surface area contributed by atoms with E-state index in [1.807, 2.05) is 57.2 Å².